The number of carbonyl (C=O) groups is 3. The van der Waals surface area contributed by atoms with Gasteiger partial charge in [-0.05, 0) is 44.5 Å². The van der Waals surface area contributed by atoms with E-state index in [1.54, 1.807) is 0 Å². The Hall–Kier alpha value is -3.98. The van der Waals surface area contributed by atoms with E-state index in [9.17, 15) is 43.6 Å². The van der Waals surface area contributed by atoms with Crippen LogP contribution in [0.25, 0.3) is 16.5 Å². The van der Waals surface area contributed by atoms with Crippen LogP contribution in [0.1, 0.15) is 23.1 Å². The molecule has 5 rings (SSSR count). The number of nitrogens with two attached hydrogens (primary N) is 2. The Bertz CT molecular complexity index is 1640. The summed E-state index contributed by atoms with van der Waals surface area (Å²) in [6, 6.07) is 2.66. The molecule has 3 aliphatic carbocycles. The highest BCUT2D eigenvalue weighted by atomic mass is 19.3. The first-order chi connectivity index (χ1) is 19.6. The Labute approximate surface area is 236 Å². The minimum Gasteiger partial charge on any atom is -0.508 e. The molecule has 1 fully saturated rings. The SMILES string of the molecule is CN(C)[C@@H]1C(=O)C(C(N)=O)=C(O)[C@@]2(O)C(=O)C3=C(O)c4c(c(F)c5ccc(CNCC(F)F)cc5c4O)CC3CC12N. The number of ketones is 2. The number of benzene rings is 2. The van der Waals surface area contributed by atoms with Crippen molar-refractivity contribution in [1.29, 1.82) is 0 Å². The van der Waals surface area contributed by atoms with Gasteiger partial charge in [-0.25, -0.2) is 13.2 Å². The van der Waals surface area contributed by atoms with Crippen LogP contribution in [0.15, 0.2) is 35.1 Å². The zero-order valence-corrected chi connectivity index (χ0v) is 22.5. The molecule has 224 valence electrons. The molecule has 0 spiro atoms. The van der Waals surface area contributed by atoms with Gasteiger partial charge in [0.2, 0.25) is 11.4 Å². The molecule has 2 aromatic rings. The average Bonchev–Trinajstić information content (AvgIpc) is 2.88. The number of Topliss-reactive ketones (excluding diaryl/α,β-unsaturated/α-hetero) is 2. The molecule has 0 radical (unpaired) electrons. The van der Waals surface area contributed by atoms with Crippen LogP contribution in [-0.4, -0.2) is 87.0 Å². The quantitative estimate of drug-likeness (QED) is 0.235. The number of nitrogens with zero attached hydrogens (tertiary/aromatic N) is 1. The van der Waals surface area contributed by atoms with Crippen molar-refractivity contribution in [3.63, 3.8) is 0 Å². The summed E-state index contributed by atoms with van der Waals surface area (Å²) >= 11 is 0. The van der Waals surface area contributed by atoms with Gasteiger partial charge in [0.05, 0.1) is 23.7 Å². The predicted octanol–water partition coefficient (Wildman–Crippen LogP) is 0.692. The van der Waals surface area contributed by atoms with Crippen molar-refractivity contribution < 1.29 is 48.0 Å². The van der Waals surface area contributed by atoms with Crippen LogP contribution in [0, 0.1) is 11.7 Å². The number of nitrogens with one attached hydrogen (secondary N) is 1. The second-order valence-corrected chi connectivity index (χ2v) is 11.2. The number of phenolic OH excluding ortho intramolecular Hbond substituents is 1. The lowest BCUT2D eigenvalue weighted by Crippen LogP contribution is -2.80. The van der Waals surface area contributed by atoms with Crippen LogP contribution in [0.5, 0.6) is 5.75 Å². The zero-order valence-electron chi connectivity index (χ0n) is 22.5. The van der Waals surface area contributed by atoms with Crippen LogP contribution in [0.2, 0.25) is 0 Å². The summed E-state index contributed by atoms with van der Waals surface area (Å²) < 4.78 is 41.0. The lowest BCUT2D eigenvalue weighted by atomic mass is 9.53. The molecular weight excluding hydrogens is 561 g/mol. The van der Waals surface area contributed by atoms with Crippen LogP contribution in [0.3, 0.4) is 0 Å². The number of amides is 1. The summed E-state index contributed by atoms with van der Waals surface area (Å²) in [5.41, 5.74) is 4.91. The number of halogens is 3. The van der Waals surface area contributed by atoms with E-state index in [1.807, 2.05) is 0 Å². The lowest BCUT2D eigenvalue weighted by Gasteiger charge is -2.56. The van der Waals surface area contributed by atoms with Crippen LogP contribution < -0.4 is 16.8 Å². The van der Waals surface area contributed by atoms with E-state index in [0.717, 1.165) is 0 Å². The molecule has 0 heterocycles. The fourth-order valence-corrected chi connectivity index (χ4v) is 6.76. The molecule has 0 saturated heterocycles. The highest BCUT2D eigenvalue weighted by molar-refractivity contribution is 6.25. The largest absolute Gasteiger partial charge is 0.508 e. The monoisotopic (exact) mass is 590 g/mol. The molecule has 0 aliphatic heterocycles. The second kappa shape index (κ2) is 9.80. The number of aliphatic hydroxyl groups is 3. The van der Waals surface area contributed by atoms with Crippen LogP contribution >= 0.6 is 0 Å². The Morgan fingerprint density at radius 3 is 2.45 bits per heavy atom. The maximum absolute atomic E-state index is 15.9. The first kappa shape index (κ1) is 29.5. The highest BCUT2D eigenvalue weighted by Crippen LogP contribution is 2.54. The van der Waals surface area contributed by atoms with Gasteiger partial charge in [-0.2, -0.15) is 0 Å². The Kier molecular flexibility index (Phi) is 6.88. The first-order valence-electron chi connectivity index (χ1n) is 13.0. The van der Waals surface area contributed by atoms with Crippen molar-refractivity contribution in [2.45, 2.75) is 43.0 Å². The smallest absolute Gasteiger partial charge is 0.255 e. The first-order valence-corrected chi connectivity index (χ1v) is 13.0. The number of fused-ring (bicyclic) bond motifs is 4. The fraction of sp³-hybridized carbons (Fsp3) is 0.393. The van der Waals surface area contributed by atoms with Gasteiger partial charge in [0, 0.05) is 28.5 Å². The molecule has 14 heteroatoms. The molecule has 2 aromatic carbocycles. The number of likely N-dealkylation sites (N-methyl/N-ethyl adjacent to an activating group) is 1. The summed E-state index contributed by atoms with van der Waals surface area (Å²) in [7, 11) is 2.81. The third-order valence-electron chi connectivity index (χ3n) is 8.51. The molecule has 0 aromatic heterocycles. The van der Waals surface area contributed by atoms with E-state index in [4.69, 9.17) is 11.5 Å². The van der Waals surface area contributed by atoms with Gasteiger partial charge >= 0.3 is 0 Å². The molecule has 4 atom stereocenters. The van der Waals surface area contributed by atoms with Crippen molar-refractivity contribution in [3.8, 4) is 5.75 Å². The predicted molar refractivity (Wildman–Crippen MR) is 143 cm³/mol. The van der Waals surface area contributed by atoms with Crippen molar-refractivity contribution in [2.75, 3.05) is 20.6 Å². The molecular formula is C28H29F3N4O7. The average molecular weight is 591 g/mol. The van der Waals surface area contributed by atoms with Gasteiger partial charge in [0.15, 0.2) is 11.5 Å². The number of hydrogen-bond acceptors (Lipinski definition) is 10. The van der Waals surface area contributed by atoms with Gasteiger partial charge in [-0.3, -0.25) is 19.3 Å². The number of alkyl halides is 2. The van der Waals surface area contributed by atoms with Gasteiger partial charge < -0.3 is 37.2 Å². The molecule has 9 N–H and O–H groups in total. The molecule has 0 bridgehead atoms. The van der Waals surface area contributed by atoms with Crippen molar-refractivity contribution in [1.82, 2.24) is 10.2 Å². The number of carbonyl (C=O) groups excluding carboxylic acids is 3. The van der Waals surface area contributed by atoms with Crippen molar-refractivity contribution in [3.05, 3.63) is 57.6 Å². The van der Waals surface area contributed by atoms with E-state index in [2.05, 4.69) is 5.32 Å². The fourth-order valence-electron chi connectivity index (χ4n) is 6.76. The topological polar surface area (TPSA) is 199 Å². The van der Waals surface area contributed by atoms with Gasteiger partial charge in [-0.1, -0.05) is 12.1 Å². The summed E-state index contributed by atoms with van der Waals surface area (Å²) in [6.07, 6.45) is -3.31. The Balaban J connectivity index is 1.71. The highest BCUT2D eigenvalue weighted by Gasteiger charge is 2.71. The number of aliphatic hydroxyl groups excluding tert-OH is 2. The van der Waals surface area contributed by atoms with Crippen molar-refractivity contribution in [2.24, 2.45) is 17.4 Å². The van der Waals surface area contributed by atoms with E-state index in [0.29, 0.717) is 5.56 Å². The van der Waals surface area contributed by atoms with Crippen LogP contribution in [0.4, 0.5) is 13.2 Å². The van der Waals surface area contributed by atoms with Gasteiger partial charge in [-0.15, -0.1) is 0 Å². The number of rotatable bonds is 6. The summed E-state index contributed by atoms with van der Waals surface area (Å²) in [5.74, 6) is -8.51. The normalized spacial score (nSPS) is 27.5. The van der Waals surface area contributed by atoms with E-state index < -0.39 is 99.8 Å². The minimum absolute atomic E-state index is 0.0305. The third kappa shape index (κ3) is 3.86. The minimum atomic E-state index is -3.09. The molecule has 3 aliphatic rings. The number of primary amides is 1. The summed E-state index contributed by atoms with van der Waals surface area (Å²) in [5, 5.41) is 47.7. The van der Waals surface area contributed by atoms with Crippen LogP contribution in [-0.2, 0) is 27.3 Å². The maximum atomic E-state index is 15.9. The molecule has 2 unspecified atom stereocenters. The number of aromatic hydroxyl groups is 1. The maximum Gasteiger partial charge on any atom is 0.255 e. The second-order valence-electron chi connectivity index (χ2n) is 11.2. The third-order valence-corrected chi connectivity index (χ3v) is 8.51. The summed E-state index contributed by atoms with van der Waals surface area (Å²) in [6.45, 7) is -0.624. The Morgan fingerprint density at radius 2 is 1.86 bits per heavy atom. The molecule has 42 heavy (non-hydrogen) atoms. The van der Waals surface area contributed by atoms with E-state index >= 15 is 4.39 Å². The standard InChI is InChI=1S/C28H29F3N4O7/c1-35(2)23-22(38)18(26(32)41)25(40)28(42)24(39)16-11(7-27(23,28)33)6-14-17(21(16)37)20(36)13-5-10(8-34-9-15(29)30)3-4-12(13)19(14)31/h3-5,11,15,23,34,36-37,40,42H,6-9,33H2,1-2H3,(H2,32,41)/t11?,23-,27?,28+/m1/s1. The van der Waals surface area contributed by atoms with Gasteiger partial charge in [0.1, 0.15) is 22.9 Å². The molecule has 11 nitrogen and oxygen atoms in total. The van der Waals surface area contributed by atoms with E-state index in [1.165, 1.54) is 37.2 Å². The number of phenols is 1. The van der Waals surface area contributed by atoms with Crippen molar-refractivity contribution >= 4 is 34.0 Å². The van der Waals surface area contributed by atoms with Gasteiger partial charge in [0.25, 0.3) is 12.3 Å². The number of hydrogen-bond donors (Lipinski definition) is 7. The molecule has 1 amide bonds. The Morgan fingerprint density at radius 1 is 1.19 bits per heavy atom. The molecule has 1 saturated carbocycles. The lowest BCUT2D eigenvalue weighted by molar-refractivity contribution is -0.157. The van der Waals surface area contributed by atoms with E-state index in [-0.39, 0.29) is 29.3 Å². The summed E-state index contributed by atoms with van der Waals surface area (Å²) in [4.78, 5) is 40.7. The zero-order chi connectivity index (χ0) is 31.0.